The lowest BCUT2D eigenvalue weighted by molar-refractivity contribution is 0.347. The number of nitrogens with one attached hydrogen (secondary N) is 1. The maximum Gasteiger partial charge on any atom is 0.135 e. The van der Waals surface area contributed by atoms with E-state index in [2.05, 4.69) is 36.2 Å². The van der Waals surface area contributed by atoms with E-state index < -0.39 is 0 Å². The fourth-order valence-electron chi connectivity index (χ4n) is 2.49. The van der Waals surface area contributed by atoms with E-state index in [-0.39, 0.29) is 5.76 Å². The van der Waals surface area contributed by atoms with Gasteiger partial charge in [-0.3, -0.25) is 5.41 Å². The van der Waals surface area contributed by atoms with Crippen molar-refractivity contribution in [2.45, 2.75) is 27.3 Å². The summed E-state index contributed by atoms with van der Waals surface area (Å²) in [5.41, 5.74) is 3.89. The van der Waals surface area contributed by atoms with Gasteiger partial charge in [-0.25, -0.2) is 4.98 Å². The van der Waals surface area contributed by atoms with Crippen LogP contribution >= 0.6 is 11.3 Å². The van der Waals surface area contributed by atoms with Crippen LogP contribution in [0, 0.1) is 26.2 Å². The fourth-order valence-corrected chi connectivity index (χ4v) is 3.47. The molecule has 5 heteroatoms. The average Bonchev–Trinajstić information content (AvgIpc) is 2.93. The minimum atomic E-state index is 0.242. The summed E-state index contributed by atoms with van der Waals surface area (Å²) in [6.07, 6.45) is 0. The molecule has 1 aromatic heterocycles. The third-order valence-electron chi connectivity index (χ3n) is 3.92. The first-order valence-corrected chi connectivity index (χ1v) is 8.03. The number of amidine groups is 1. The van der Waals surface area contributed by atoms with Crippen molar-refractivity contribution >= 4 is 22.7 Å². The molecule has 3 rings (SSSR count). The first kappa shape index (κ1) is 14.8. The van der Waals surface area contributed by atoms with Gasteiger partial charge in [-0.15, -0.1) is 11.3 Å². The molecule has 4 nitrogen and oxygen atoms in total. The summed E-state index contributed by atoms with van der Waals surface area (Å²) < 4.78 is 0. The van der Waals surface area contributed by atoms with Crippen molar-refractivity contribution in [1.82, 2.24) is 9.88 Å². The molecule has 1 aliphatic rings. The van der Waals surface area contributed by atoms with Crippen LogP contribution in [0.2, 0.25) is 0 Å². The quantitative estimate of drug-likeness (QED) is 0.905. The SMILES string of the molecule is Cc1ccc(CN2CC(O)=C(c3nc(C)c(C)s3)C2=N)cc1. The van der Waals surface area contributed by atoms with Crippen molar-refractivity contribution < 1.29 is 5.11 Å². The van der Waals surface area contributed by atoms with E-state index in [1.54, 1.807) is 0 Å². The fraction of sp³-hybridized carbons (Fsp3) is 0.294. The molecule has 1 aromatic carbocycles. The van der Waals surface area contributed by atoms with E-state index in [0.717, 1.165) is 21.1 Å². The molecule has 0 bridgehead atoms. The second kappa shape index (κ2) is 5.57. The van der Waals surface area contributed by atoms with Crippen LogP contribution in [0.25, 0.3) is 5.57 Å². The average molecular weight is 313 g/mol. The highest BCUT2D eigenvalue weighted by molar-refractivity contribution is 7.13. The minimum Gasteiger partial charge on any atom is -0.510 e. The second-order valence-corrected chi connectivity index (χ2v) is 6.88. The van der Waals surface area contributed by atoms with Gasteiger partial charge in [0.05, 0.1) is 17.8 Å². The Balaban J connectivity index is 1.82. The molecular weight excluding hydrogens is 294 g/mol. The van der Waals surface area contributed by atoms with Crippen molar-refractivity contribution in [3.63, 3.8) is 0 Å². The van der Waals surface area contributed by atoms with Gasteiger partial charge in [-0.2, -0.15) is 0 Å². The van der Waals surface area contributed by atoms with Crippen LogP contribution in [0.4, 0.5) is 0 Å². The Hall–Kier alpha value is -2.14. The molecule has 0 saturated heterocycles. The van der Waals surface area contributed by atoms with Crippen molar-refractivity contribution in [3.05, 3.63) is 56.7 Å². The molecule has 2 heterocycles. The van der Waals surface area contributed by atoms with Crippen LogP contribution in [-0.4, -0.2) is 27.4 Å². The number of rotatable bonds is 3. The minimum absolute atomic E-state index is 0.242. The summed E-state index contributed by atoms with van der Waals surface area (Å²) in [5.74, 6) is 0.595. The number of hydrogen-bond donors (Lipinski definition) is 2. The standard InChI is InChI=1S/C17H19N3OS/c1-10-4-6-13(7-5-10)8-20-9-14(21)15(16(20)18)17-19-11(2)12(3)22-17/h4-7,18,21H,8-9H2,1-3H3. The Morgan fingerprint density at radius 3 is 2.50 bits per heavy atom. The van der Waals surface area contributed by atoms with Crippen LogP contribution < -0.4 is 0 Å². The van der Waals surface area contributed by atoms with E-state index in [1.165, 1.54) is 16.9 Å². The highest BCUT2D eigenvalue weighted by Crippen LogP contribution is 2.32. The predicted octanol–water partition coefficient (Wildman–Crippen LogP) is 3.83. The van der Waals surface area contributed by atoms with Crippen LogP contribution in [0.3, 0.4) is 0 Å². The first-order chi connectivity index (χ1) is 10.5. The number of hydrogen-bond acceptors (Lipinski definition) is 4. The molecule has 114 valence electrons. The summed E-state index contributed by atoms with van der Waals surface area (Å²) in [5, 5.41) is 19.4. The van der Waals surface area contributed by atoms with Crippen LogP contribution in [0.1, 0.15) is 26.7 Å². The number of aryl methyl sites for hydroxylation is 3. The van der Waals surface area contributed by atoms with Crippen LogP contribution in [0.15, 0.2) is 30.0 Å². The van der Waals surface area contributed by atoms with Gasteiger partial charge in [0, 0.05) is 11.4 Å². The predicted molar refractivity (Wildman–Crippen MR) is 90.5 cm³/mol. The lowest BCUT2D eigenvalue weighted by atomic mass is 10.1. The monoisotopic (exact) mass is 313 g/mol. The summed E-state index contributed by atoms with van der Waals surface area (Å²) in [7, 11) is 0. The molecule has 1 aliphatic heterocycles. The van der Waals surface area contributed by atoms with Gasteiger partial charge in [0.2, 0.25) is 0 Å². The Labute approximate surface area is 134 Å². The number of aliphatic hydroxyl groups is 1. The zero-order valence-electron chi connectivity index (χ0n) is 13.0. The molecule has 0 spiro atoms. The largest absolute Gasteiger partial charge is 0.510 e. The van der Waals surface area contributed by atoms with Gasteiger partial charge in [-0.05, 0) is 26.3 Å². The maximum atomic E-state index is 10.3. The van der Waals surface area contributed by atoms with E-state index in [4.69, 9.17) is 5.41 Å². The highest BCUT2D eigenvalue weighted by atomic mass is 32.1. The number of aromatic nitrogens is 1. The molecule has 0 aliphatic carbocycles. The third-order valence-corrected chi connectivity index (χ3v) is 5.01. The molecule has 0 amide bonds. The van der Waals surface area contributed by atoms with E-state index in [1.807, 2.05) is 18.7 Å². The van der Waals surface area contributed by atoms with Gasteiger partial charge in [-0.1, -0.05) is 29.8 Å². The smallest absolute Gasteiger partial charge is 0.135 e. The van der Waals surface area contributed by atoms with Gasteiger partial charge in [0.15, 0.2) is 0 Å². The normalized spacial score (nSPS) is 15.0. The van der Waals surface area contributed by atoms with Gasteiger partial charge >= 0.3 is 0 Å². The van der Waals surface area contributed by atoms with E-state index >= 15 is 0 Å². The number of thiazole rings is 1. The molecule has 2 aromatic rings. The zero-order chi connectivity index (χ0) is 15.9. The highest BCUT2D eigenvalue weighted by Gasteiger charge is 2.30. The molecule has 0 saturated carbocycles. The molecule has 2 N–H and O–H groups in total. The van der Waals surface area contributed by atoms with Crippen molar-refractivity contribution in [2.75, 3.05) is 6.54 Å². The molecular formula is C17H19N3OS. The number of nitrogens with zero attached hydrogens (tertiary/aromatic N) is 2. The second-order valence-electron chi connectivity index (χ2n) is 5.67. The zero-order valence-corrected chi connectivity index (χ0v) is 13.8. The van der Waals surface area contributed by atoms with Gasteiger partial charge < -0.3 is 10.0 Å². The Morgan fingerprint density at radius 2 is 1.91 bits per heavy atom. The summed E-state index contributed by atoms with van der Waals surface area (Å²) in [6, 6.07) is 8.26. The van der Waals surface area contributed by atoms with E-state index in [0.29, 0.717) is 24.5 Å². The Kier molecular flexibility index (Phi) is 3.74. The van der Waals surface area contributed by atoms with Gasteiger partial charge in [0.1, 0.15) is 16.6 Å². The molecule has 0 fully saturated rings. The summed E-state index contributed by atoms with van der Waals surface area (Å²) in [6.45, 7) is 7.02. The Bertz CT molecular complexity index is 739. The lowest BCUT2D eigenvalue weighted by Gasteiger charge is -2.18. The van der Waals surface area contributed by atoms with Gasteiger partial charge in [0.25, 0.3) is 0 Å². The third kappa shape index (κ3) is 2.64. The van der Waals surface area contributed by atoms with E-state index in [9.17, 15) is 5.11 Å². The maximum absolute atomic E-state index is 10.3. The van der Waals surface area contributed by atoms with Crippen molar-refractivity contribution in [2.24, 2.45) is 0 Å². The van der Waals surface area contributed by atoms with Crippen LogP contribution in [-0.2, 0) is 6.54 Å². The summed E-state index contributed by atoms with van der Waals surface area (Å²) >= 11 is 1.53. The van der Waals surface area contributed by atoms with Crippen molar-refractivity contribution in [3.8, 4) is 0 Å². The number of aliphatic hydroxyl groups excluding tert-OH is 1. The molecule has 22 heavy (non-hydrogen) atoms. The molecule has 0 unspecified atom stereocenters. The molecule has 0 atom stereocenters. The first-order valence-electron chi connectivity index (χ1n) is 7.21. The molecule has 0 radical (unpaired) electrons. The topological polar surface area (TPSA) is 60.2 Å². The number of benzene rings is 1. The van der Waals surface area contributed by atoms with Crippen molar-refractivity contribution in [1.29, 1.82) is 5.41 Å². The van der Waals surface area contributed by atoms with Crippen LogP contribution in [0.5, 0.6) is 0 Å². The Morgan fingerprint density at radius 1 is 1.23 bits per heavy atom. The lowest BCUT2D eigenvalue weighted by Crippen LogP contribution is -2.26. The summed E-state index contributed by atoms with van der Waals surface area (Å²) in [4.78, 5) is 7.48.